The fraction of sp³-hybridized carbons (Fsp3) is 0.333. The van der Waals surface area contributed by atoms with Gasteiger partial charge in [-0.25, -0.2) is 0 Å². The van der Waals surface area contributed by atoms with Crippen molar-refractivity contribution in [1.82, 2.24) is 0 Å². The Balaban J connectivity index is 3.02. The maximum absolute atomic E-state index is 3.53. The van der Waals surface area contributed by atoms with Gasteiger partial charge in [-0.1, -0.05) is 34.1 Å². The van der Waals surface area contributed by atoms with Gasteiger partial charge < -0.3 is 5.32 Å². The van der Waals surface area contributed by atoms with Crippen molar-refractivity contribution in [2.75, 3.05) is 12.4 Å². The maximum atomic E-state index is 3.53. The largest absolute Gasteiger partial charge is 0.388 e. The summed E-state index contributed by atoms with van der Waals surface area (Å²) in [6.07, 6.45) is 0. The van der Waals surface area contributed by atoms with Gasteiger partial charge in [-0.05, 0) is 18.6 Å². The molecule has 0 heterocycles. The Labute approximate surface area is 75.9 Å². The van der Waals surface area contributed by atoms with Crippen LogP contribution >= 0.6 is 15.9 Å². The normalized spacial score (nSPS) is 12.6. The highest BCUT2D eigenvalue weighted by atomic mass is 79.9. The summed E-state index contributed by atoms with van der Waals surface area (Å²) >= 11 is 3.53. The van der Waals surface area contributed by atoms with E-state index in [1.54, 1.807) is 0 Å². The van der Waals surface area contributed by atoms with E-state index in [0.29, 0.717) is 4.83 Å². The van der Waals surface area contributed by atoms with Gasteiger partial charge in [-0.3, -0.25) is 0 Å². The van der Waals surface area contributed by atoms with Crippen molar-refractivity contribution in [3.63, 3.8) is 0 Å². The van der Waals surface area contributed by atoms with Crippen LogP contribution in [-0.2, 0) is 0 Å². The molecule has 0 amide bonds. The van der Waals surface area contributed by atoms with Crippen molar-refractivity contribution in [3.8, 4) is 0 Å². The minimum Gasteiger partial charge on any atom is -0.388 e. The number of anilines is 1. The molecule has 1 aromatic rings. The standard InChI is InChI=1S/C9H12BrN/c1-7(10)8-5-3-4-6-9(8)11-2/h3-7,11H,1-2H3. The second-order valence-electron chi connectivity index (χ2n) is 2.45. The van der Waals surface area contributed by atoms with Gasteiger partial charge in [0.15, 0.2) is 0 Å². The molecule has 0 aliphatic rings. The third kappa shape index (κ3) is 1.96. The van der Waals surface area contributed by atoms with Crippen molar-refractivity contribution in [3.05, 3.63) is 29.8 Å². The number of benzene rings is 1. The van der Waals surface area contributed by atoms with Crippen molar-refractivity contribution in [2.24, 2.45) is 0 Å². The number of rotatable bonds is 2. The third-order valence-corrected chi connectivity index (χ3v) is 2.15. The van der Waals surface area contributed by atoms with Crippen LogP contribution in [0.4, 0.5) is 5.69 Å². The summed E-state index contributed by atoms with van der Waals surface area (Å²) in [5, 5.41) is 3.15. The molecule has 2 heteroatoms. The van der Waals surface area contributed by atoms with E-state index in [1.165, 1.54) is 11.3 Å². The monoisotopic (exact) mass is 213 g/mol. The van der Waals surface area contributed by atoms with Crippen LogP contribution in [0.25, 0.3) is 0 Å². The van der Waals surface area contributed by atoms with Gasteiger partial charge in [0.1, 0.15) is 0 Å². The van der Waals surface area contributed by atoms with E-state index in [1.807, 2.05) is 19.2 Å². The highest BCUT2D eigenvalue weighted by Gasteiger charge is 2.03. The molecule has 1 N–H and O–H groups in total. The third-order valence-electron chi connectivity index (χ3n) is 1.66. The summed E-state index contributed by atoms with van der Waals surface area (Å²) in [4.78, 5) is 0.408. The number of para-hydroxylation sites is 1. The number of hydrogen-bond donors (Lipinski definition) is 1. The Kier molecular flexibility index (Phi) is 2.94. The molecule has 0 fully saturated rings. The molecule has 60 valence electrons. The summed E-state index contributed by atoms with van der Waals surface area (Å²) in [6, 6.07) is 8.27. The van der Waals surface area contributed by atoms with E-state index in [-0.39, 0.29) is 0 Å². The summed E-state index contributed by atoms with van der Waals surface area (Å²) < 4.78 is 0. The highest BCUT2D eigenvalue weighted by Crippen LogP contribution is 2.27. The van der Waals surface area contributed by atoms with Gasteiger partial charge in [0, 0.05) is 17.6 Å². The zero-order valence-electron chi connectivity index (χ0n) is 6.76. The topological polar surface area (TPSA) is 12.0 Å². The molecule has 0 aliphatic carbocycles. The molecule has 1 aromatic carbocycles. The summed E-state index contributed by atoms with van der Waals surface area (Å²) in [5.41, 5.74) is 2.49. The predicted molar refractivity (Wildman–Crippen MR) is 53.3 cm³/mol. The van der Waals surface area contributed by atoms with Crippen molar-refractivity contribution in [2.45, 2.75) is 11.8 Å². The molecule has 11 heavy (non-hydrogen) atoms. The van der Waals surface area contributed by atoms with Crippen LogP contribution in [0.5, 0.6) is 0 Å². The lowest BCUT2D eigenvalue weighted by Gasteiger charge is -2.09. The maximum Gasteiger partial charge on any atom is 0.0387 e. The van der Waals surface area contributed by atoms with Crippen LogP contribution < -0.4 is 5.32 Å². The molecular formula is C9H12BrN. The number of alkyl halides is 1. The molecule has 0 saturated heterocycles. The van der Waals surface area contributed by atoms with Crippen LogP contribution in [0.1, 0.15) is 17.3 Å². The van der Waals surface area contributed by atoms with E-state index in [4.69, 9.17) is 0 Å². The van der Waals surface area contributed by atoms with Gasteiger partial charge >= 0.3 is 0 Å². The molecule has 0 spiro atoms. The van der Waals surface area contributed by atoms with Crippen LogP contribution in [0, 0.1) is 0 Å². The van der Waals surface area contributed by atoms with Gasteiger partial charge in [0.2, 0.25) is 0 Å². The summed E-state index contributed by atoms with van der Waals surface area (Å²) in [6.45, 7) is 2.12. The van der Waals surface area contributed by atoms with Gasteiger partial charge in [0.25, 0.3) is 0 Å². The first kappa shape index (κ1) is 8.60. The fourth-order valence-corrected chi connectivity index (χ4v) is 1.47. The molecular weight excluding hydrogens is 202 g/mol. The molecule has 0 aromatic heterocycles. The van der Waals surface area contributed by atoms with Crippen molar-refractivity contribution < 1.29 is 0 Å². The molecule has 1 rings (SSSR count). The van der Waals surface area contributed by atoms with E-state index >= 15 is 0 Å². The lowest BCUT2D eigenvalue weighted by molar-refractivity contribution is 1.12. The van der Waals surface area contributed by atoms with Gasteiger partial charge in [-0.15, -0.1) is 0 Å². The number of nitrogens with one attached hydrogen (secondary N) is 1. The SMILES string of the molecule is CNc1ccccc1C(C)Br. The van der Waals surface area contributed by atoms with E-state index < -0.39 is 0 Å². The van der Waals surface area contributed by atoms with E-state index in [9.17, 15) is 0 Å². The van der Waals surface area contributed by atoms with Gasteiger partial charge in [-0.2, -0.15) is 0 Å². The quantitative estimate of drug-likeness (QED) is 0.745. The molecule has 0 saturated carbocycles. The predicted octanol–water partition coefficient (Wildman–Crippen LogP) is 3.18. The Morgan fingerprint density at radius 2 is 2.00 bits per heavy atom. The van der Waals surface area contributed by atoms with E-state index in [0.717, 1.165) is 0 Å². The average molecular weight is 214 g/mol. The second kappa shape index (κ2) is 3.77. The first-order chi connectivity index (χ1) is 5.25. The average Bonchev–Trinajstić information content (AvgIpc) is 2.04. The zero-order chi connectivity index (χ0) is 8.27. The summed E-state index contributed by atoms with van der Waals surface area (Å²) in [7, 11) is 1.94. The first-order valence-electron chi connectivity index (χ1n) is 3.66. The lowest BCUT2D eigenvalue weighted by Crippen LogP contribution is -1.94. The van der Waals surface area contributed by atoms with E-state index in [2.05, 4.69) is 40.3 Å². The molecule has 0 bridgehead atoms. The molecule has 0 aliphatic heterocycles. The molecule has 1 unspecified atom stereocenters. The molecule has 1 nitrogen and oxygen atoms in total. The minimum absolute atomic E-state index is 0.408. The fourth-order valence-electron chi connectivity index (χ4n) is 1.07. The van der Waals surface area contributed by atoms with Crippen LogP contribution in [0.15, 0.2) is 24.3 Å². The molecule has 1 atom stereocenters. The van der Waals surface area contributed by atoms with Crippen LogP contribution in [0.2, 0.25) is 0 Å². The Hall–Kier alpha value is -0.500. The smallest absolute Gasteiger partial charge is 0.0387 e. The second-order valence-corrected chi connectivity index (χ2v) is 3.83. The lowest BCUT2D eigenvalue weighted by atomic mass is 10.1. The van der Waals surface area contributed by atoms with Crippen LogP contribution in [-0.4, -0.2) is 7.05 Å². The summed E-state index contributed by atoms with van der Waals surface area (Å²) in [5.74, 6) is 0. The zero-order valence-corrected chi connectivity index (χ0v) is 8.35. The Bertz CT molecular complexity index is 233. The Morgan fingerprint density at radius 3 is 2.45 bits per heavy atom. The Morgan fingerprint density at radius 1 is 1.36 bits per heavy atom. The molecule has 0 radical (unpaired) electrons. The highest BCUT2D eigenvalue weighted by molar-refractivity contribution is 9.09. The first-order valence-corrected chi connectivity index (χ1v) is 4.58. The number of halogens is 1. The van der Waals surface area contributed by atoms with Gasteiger partial charge in [0.05, 0.1) is 0 Å². The van der Waals surface area contributed by atoms with Crippen molar-refractivity contribution in [1.29, 1.82) is 0 Å². The minimum atomic E-state index is 0.408. The van der Waals surface area contributed by atoms with Crippen molar-refractivity contribution >= 4 is 21.6 Å². The van der Waals surface area contributed by atoms with Crippen LogP contribution in [0.3, 0.4) is 0 Å². The number of hydrogen-bond acceptors (Lipinski definition) is 1.